The summed E-state index contributed by atoms with van der Waals surface area (Å²) in [4.78, 5) is 8.79. The number of allylic oxidation sites excluding steroid dienone is 18. The quantitative estimate of drug-likeness (QED) is 0.253. The molecule has 1 aromatic rings. The molecule has 16 atom stereocenters. The first-order chi connectivity index (χ1) is 33.7. The van der Waals surface area contributed by atoms with Crippen LogP contribution in [0.15, 0.2) is 151 Å². The standard InChI is InChI=1S/C64H78N4/c1-5-17-43(18-6-1)57-37-38-64(67(57)50-23-11-4-12-24-50)68-62-35-31-46(44-29-33-60-53(39-44)51-25-13-15-27-58(51)65(60)48-19-7-2-8-20-48)41-55(62)56-42-47(32-36-63(56)68)45-30-34-61-54(40-45)52-26-14-16-28-59(52)66(61)49-21-9-3-10-22-49/h2-3,5,7,9,15-17,19,21,23,27-29,31-33,35-38,40,43-47,51-53,55-56,58-63H,1,4,6,8,10-14,18,20,22,24-26,30,34,39,41-42H2. The van der Waals surface area contributed by atoms with Crippen LogP contribution in [0.5, 0.6) is 0 Å². The van der Waals surface area contributed by atoms with Crippen LogP contribution in [0.25, 0.3) is 5.70 Å². The fraction of sp³-hybridized carbons (Fsp3) is 0.562. The minimum atomic E-state index is 0.448. The lowest BCUT2D eigenvalue weighted by molar-refractivity contribution is 0.191. The zero-order chi connectivity index (χ0) is 44.7. The first kappa shape index (κ1) is 42.4. The van der Waals surface area contributed by atoms with Crippen LogP contribution in [0.1, 0.15) is 140 Å². The molecule has 10 aliphatic carbocycles. The number of nitrogens with zero attached hydrogens (tertiary/aromatic N) is 4. The molecule has 1 aromatic heterocycles. The molecule has 0 bridgehead atoms. The fourth-order valence-electron chi connectivity index (χ4n) is 17.6. The van der Waals surface area contributed by atoms with Crippen molar-refractivity contribution in [3.63, 3.8) is 0 Å². The van der Waals surface area contributed by atoms with Crippen molar-refractivity contribution in [2.24, 2.45) is 53.3 Å². The van der Waals surface area contributed by atoms with Crippen molar-refractivity contribution in [1.29, 1.82) is 0 Å². The highest BCUT2D eigenvalue weighted by Crippen LogP contribution is 2.57. The van der Waals surface area contributed by atoms with Crippen LogP contribution in [0.3, 0.4) is 0 Å². The maximum atomic E-state index is 3.00. The zero-order valence-electron chi connectivity index (χ0n) is 40.9. The van der Waals surface area contributed by atoms with Gasteiger partial charge in [-0.05, 0) is 206 Å². The van der Waals surface area contributed by atoms with Gasteiger partial charge in [-0.1, -0.05) is 109 Å². The molecule has 3 saturated heterocycles. The van der Waals surface area contributed by atoms with Crippen LogP contribution in [0.2, 0.25) is 0 Å². The number of hydrogen-bond donors (Lipinski definition) is 0. The van der Waals surface area contributed by atoms with E-state index in [-0.39, 0.29) is 0 Å². The average molecular weight is 903 g/mol. The van der Waals surface area contributed by atoms with E-state index in [2.05, 4.69) is 153 Å². The molecule has 14 rings (SSSR count). The van der Waals surface area contributed by atoms with Crippen molar-refractivity contribution in [2.45, 2.75) is 171 Å². The van der Waals surface area contributed by atoms with E-state index in [0.29, 0.717) is 83.6 Å². The van der Waals surface area contributed by atoms with Crippen LogP contribution in [-0.2, 0) is 0 Å². The second kappa shape index (κ2) is 17.8. The first-order valence-electron chi connectivity index (χ1n) is 28.5. The lowest BCUT2D eigenvalue weighted by atomic mass is 9.64. The number of likely N-dealkylation sites (tertiary alicyclic amines) is 2. The van der Waals surface area contributed by atoms with Gasteiger partial charge in [0.15, 0.2) is 0 Å². The zero-order valence-corrected chi connectivity index (χ0v) is 40.9. The van der Waals surface area contributed by atoms with Gasteiger partial charge in [0.1, 0.15) is 5.82 Å². The van der Waals surface area contributed by atoms with E-state index in [1.54, 1.807) is 22.8 Å². The van der Waals surface area contributed by atoms with E-state index in [0.717, 1.165) is 11.8 Å². The lowest BCUT2D eigenvalue weighted by Gasteiger charge is -2.41. The van der Waals surface area contributed by atoms with Crippen molar-refractivity contribution < 1.29 is 0 Å². The molecule has 68 heavy (non-hydrogen) atoms. The Morgan fingerprint density at radius 1 is 0.426 bits per heavy atom. The van der Waals surface area contributed by atoms with Gasteiger partial charge in [0, 0.05) is 34.6 Å². The predicted molar refractivity (Wildman–Crippen MR) is 281 cm³/mol. The highest BCUT2D eigenvalue weighted by Gasteiger charge is 2.55. The first-order valence-corrected chi connectivity index (χ1v) is 28.5. The molecular weight excluding hydrogens is 825 g/mol. The van der Waals surface area contributed by atoms with Gasteiger partial charge in [0.2, 0.25) is 0 Å². The molecule has 0 spiro atoms. The third kappa shape index (κ3) is 7.08. The maximum absolute atomic E-state index is 3.00. The minimum Gasteiger partial charge on any atom is -0.361 e. The normalized spacial score (nSPS) is 41.9. The summed E-state index contributed by atoms with van der Waals surface area (Å²) in [6, 6.07) is 8.32. The van der Waals surface area contributed by atoms with Crippen molar-refractivity contribution in [3.8, 4) is 0 Å². The van der Waals surface area contributed by atoms with Gasteiger partial charge in [0.25, 0.3) is 0 Å². The Labute approximate surface area is 409 Å². The summed E-state index contributed by atoms with van der Waals surface area (Å²) >= 11 is 0. The van der Waals surface area contributed by atoms with E-state index in [4.69, 9.17) is 0 Å². The smallest absolute Gasteiger partial charge is 0.114 e. The SMILES string of the molecule is C1=CCCC(N2C3CCC(C4C=CC5C(C4)C4CC(C6C=CC7C(C6)C6CCC=CC6N7C6=CC=CCC6)C=CC4N5c4ccc(C5C=CCCC5)n4C4=CCCCC4)C=C3C3CCC=CC32)=C1. The Hall–Kier alpha value is -4.44. The summed E-state index contributed by atoms with van der Waals surface area (Å²) in [5, 5.41) is 0. The van der Waals surface area contributed by atoms with E-state index < -0.39 is 0 Å². The van der Waals surface area contributed by atoms with E-state index in [1.807, 2.05) is 5.57 Å². The number of rotatable bonds is 7. The van der Waals surface area contributed by atoms with E-state index in [1.165, 1.54) is 134 Å². The Morgan fingerprint density at radius 3 is 1.78 bits per heavy atom. The van der Waals surface area contributed by atoms with E-state index in [9.17, 15) is 0 Å². The van der Waals surface area contributed by atoms with Gasteiger partial charge in [-0.3, -0.25) is 0 Å². The molecule has 0 radical (unpaired) electrons. The van der Waals surface area contributed by atoms with Gasteiger partial charge in [-0.2, -0.15) is 0 Å². The number of hydrogen-bond acceptors (Lipinski definition) is 3. The summed E-state index contributed by atoms with van der Waals surface area (Å²) in [5.41, 5.74) is 8.12. The molecule has 0 aromatic carbocycles. The van der Waals surface area contributed by atoms with Gasteiger partial charge in [-0.15, -0.1) is 0 Å². The lowest BCUT2D eigenvalue weighted by Crippen LogP contribution is -2.40. The summed E-state index contributed by atoms with van der Waals surface area (Å²) in [6.07, 6.45) is 77.1. The molecule has 4 heteroatoms. The second-order valence-corrected chi connectivity index (χ2v) is 23.8. The summed E-state index contributed by atoms with van der Waals surface area (Å²) in [7, 11) is 0. The van der Waals surface area contributed by atoms with Gasteiger partial charge in [-0.25, -0.2) is 0 Å². The van der Waals surface area contributed by atoms with Crippen LogP contribution in [0, 0.1) is 53.3 Å². The predicted octanol–water partition coefficient (Wildman–Crippen LogP) is 14.7. The third-order valence-corrected chi connectivity index (χ3v) is 20.6. The van der Waals surface area contributed by atoms with Gasteiger partial charge < -0.3 is 19.3 Å². The van der Waals surface area contributed by atoms with Crippen molar-refractivity contribution in [3.05, 3.63) is 156 Å². The topological polar surface area (TPSA) is 14.7 Å². The second-order valence-electron chi connectivity index (χ2n) is 23.8. The van der Waals surface area contributed by atoms with Crippen molar-refractivity contribution in [1.82, 2.24) is 14.4 Å². The Balaban J connectivity index is 0.804. The average Bonchev–Trinajstić information content (AvgIpc) is 4.17. The maximum Gasteiger partial charge on any atom is 0.114 e. The van der Waals surface area contributed by atoms with Crippen LogP contribution >= 0.6 is 0 Å². The van der Waals surface area contributed by atoms with E-state index >= 15 is 0 Å². The highest BCUT2D eigenvalue weighted by molar-refractivity contribution is 5.63. The molecule has 354 valence electrons. The molecule has 16 unspecified atom stereocenters. The Kier molecular flexibility index (Phi) is 11.1. The van der Waals surface area contributed by atoms with Gasteiger partial charge >= 0.3 is 0 Å². The highest BCUT2D eigenvalue weighted by atomic mass is 15.3. The Bertz CT molecular complexity index is 2490. The molecule has 0 saturated carbocycles. The van der Waals surface area contributed by atoms with Crippen molar-refractivity contribution >= 4 is 11.5 Å². The molecule has 0 amide bonds. The molecule has 0 N–H and O–H groups in total. The minimum absolute atomic E-state index is 0.448. The molecule has 4 nitrogen and oxygen atoms in total. The largest absolute Gasteiger partial charge is 0.361 e. The summed E-state index contributed by atoms with van der Waals surface area (Å²) in [5.74, 6) is 8.14. The van der Waals surface area contributed by atoms with Crippen LogP contribution < -0.4 is 4.90 Å². The van der Waals surface area contributed by atoms with Crippen LogP contribution in [0.4, 0.5) is 5.82 Å². The molecule has 13 aliphatic rings. The van der Waals surface area contributed by atoms with Crippen LogP contribution in [-0.4, -0.2) is 50.6 Å². The third-order valence-electron chi connectivity index (χ3n) is 20.6. The number of anilines is 1. The molecule has 4 heterocycles. The fourth-order valence-corrected chi connectivity index (χ4v) is 17.6. The molecular formula is C64H78N4. The monoisotopic (exact) mass is 903 g/mol. The number of fused-ring (bicyclic) bond motifs is 9. The van der Waals surface area contributed by atoms with Gasteiger partial charge in [0.05, 0.1) is 36.3 Å². The summed E-state index contributed by atoms with van der Waals surface area (Å²) in [6.45, 7) is 0. The molecule has 3 fully saturated rings. The Morgan fingerprint density at radius 2 is 1.09 bits per heavy atom. The molecule has 3 aliphatic heterocycles. The number of aromatic nitrogens is 1. The van der Waals surface area contributed by atoms with Crippen molar-refractivity contribution in [2.75, 3.05) is 4.90 Å². The summed E-state index contributed by atoms with van der Waals surface area (Å²) < 4.78 is 2.82.